The Morgan fingerprint density at radius 3 is 2.48 bits per heavy atom. The standard InChI is InChI=1S/C20H25N3O4/c1-3-18(24)23-9-5-6-15-14-16(7-8-17(15)23)19(25)21-10-12-22(13-11-21)20(26)27-4-2/h3,7-8,14H,1,4-6,9-13H2,2H3. The number of amides is 3. The Labute approximate surface area is 159 Å². The number of aryl methyl sites for hydroxylation is 1. The Morgan fingerprint density at radius 2 is 1.81 bits per heavy atom. The fraction of sp³-hybridized carbons (Fsp3) is 0.450. The number of carbonyl (C=O) groups excluding carboxylic acids is 3. The molecule has 3 amide bonds. The zero-order valence-electron chi connectivity index (χ0n) is 15.6. The van der Waals surface area contributed by atoms with Gasteiger partial charge in [-0.05, 0) is 49.6 Å². The lowest BCUT2D eigenvalue weighted by atomic mass is 9.98. The van der Waals surface area contributed by atoms with Gasteiger partial charge in [-0.15, -0.1) is 0 Å². The number of fused-ring (bicyclic) bond motifs is 1. The summed E-state index contributed by atoms with van der Waals surface area (Å²) in [6.45, 7) is 8.25. The van der Waals surface area contributed by atoms with Gasteiger partial charge in [-0.3, -0.25) is 9.59 Å². The third kappa shape index (κ3) is 3.97. The van der Waals surface area contributed by atoms with E-state index in [2.05, 4.69) is 6.58 Å². The molecule has 1 saturated heterocycles. The summed E-state index contributed by atoms with van der Waals surface area (Å²) in [4.78, 5) is 41.7. The van der Waals surface area contributed by atoms with Gasteiger partial charge in [0.1, 0.15) is 0 Å². The van der Waals surface area contributed by atoms with Crippen molar-refractivity contribution in [3.63, 3.8) is 0 Å². The van der Waals surface area contributed by atoms with Gasteiger partial charge < -0.3 is 19.4 Å². The van der Waals surface area contributed by atoms with E-state index in [1.807, 2.05) is 12.1 Å². The monoisotopic (exact) mass is 371 g/mol. The summed E-state index contributed by atoms with van der Waals surface area (Å²) in [6, 6.07) is 5.50. The second-order valence-corrected chi connectivity index (χ2v) is 6.62. The van der Waals surface area contributed by atoms with Crippen molar-refractivity contribution in [1.82, 2.24) is 9.80 Å². The fourth-order valence-corrected chi connectivity index (χ4v) is 3.56. The summed E-state index contributed by atoms with van der Waals surface area (Å²) >= 11 is 0. The summed E-state index contributed by atoms with van der Waals surface area (Å²) in [7, 11) is 0. The molecular formula is C20H25N3O4. The van der Waals surface area contributed by atoms with Gasteiger partial charge in [0, 0.05) is 44.0 Å². The molecule has 144 valence electrons. The Balaban J connectivity index is 1.69. The van der Waals surface area contributed by atoms with Crippen molar-refractivity contribution in [1.29, 1.82) is 0 Å². The van der Waals surface area contributed by atoms with Gasteiger partial charge in [-0.2, -0.15) is 0 Å². The van der Waals surface area contributed by atoms with Crippen molar-refractivity contribution >= 4 is 23.6 Å². The van der Waals surface area contributed by atoms with E-state index >= 15 is 0 Å². The van der Waals surface area contributed by atoms with Crippen molar-refractivity contribution < 1.29 is 19.1 Å². The number of hydrogen-bond acceptors (Lipinski definition) is 4. The summed E-state index contributed by atoms with van der Waals surface area (Å²) in [5, 5.41) is 0. The molecule has 0 aliphatic carbocycles. The number of piperazine rings is 1. The molecule has 1 aromatic rings. The molecule has 0 saturated carbocycles. The summed E-state index contributed by atoms with van der Waals surface area (Å²) < 4.78 is 5.01. The predicted octanol–water partition coefficient (Wildman–Crippen LogP) is 2.07. The molecule has 0 radical (unpaired) electrons. The topological polar surface area (TPSA) is 70.2 Å². The molecule has 0 atom stereocenters. The van der Waals surface area contributed by atoms with E-state index in [1.165, 1.54) is 6.08 Å². The van der Waals surface area contributed by atoms with Gasteiger partial charge in [0.05, 0.1) is 6.61 Å². The van der Waals surface area contributed by atoms with Crippen LogP contribution in [-0.4, -0.2) is 67.0 Å². The first kappa shape index (κ1) is 18.9. The first-order valence-corrected chi connectivity index (χ1v) is 9.33. The average molecular weight is 371 g/mol. The van der Waals surface area contributed by atoms with Crippen LogP contribution in [0.4, 0.5) is 10.5 Å². The molecule has 2 heterocycles. The Hall–Kier alpha value is -2.83. The van der Waals surface area contributed by atoms with Crippen molar-refractivity contribution in [2.75, 3.05) is 44.2 Å². The Kier molecular flexibility index (Phi) is 5.78. The van der Waals surface area contributed by atoms with Crippen LogP contribution in [0.1, 0.15) is 29.3 Å². The summed E-state index contributed by atoms with van der Waals surface area (Å²) in [5.41, 5.74) is 2.48. The van der Waals surface area contributed by atoms with Gasteiger partial charge in [-0.25, -0.2) is 4.79 Å². The molecule has 1 aromatic carbocycles. The van der Waals surface area contributed by atoms with E-state index in [-0.39, 0.29) is 17.9 Å². The molecule has 0 N–H and O–H groups in total. The maximum Gasteiger partial charge on any atom is 0.409 e. The van der Waals surface area contributed by atoms with Crippen LogP contribution in [0.5, 0.6) is 0 Å². The van der Waals surface area contributed by atoms with E-state index in [9.17, 15) is 14.4 Å². The normalized spacial score (nSPS) is 16.6. The number of ether oxygens (including phenoxy) is 1. The smallest absolute Gasteiger partial charge is 0.409 e. The number of anilines is 1. The molecule has 1 fully saturated rings. The van der Waals surface area contributed by atoms with Gasteiger partial charge in [0.25, 0.3) is 5.91 Å². The van der Waals surface area contributed by atoms with E-state index in [4.69, 9.17) is 4.74 Å². The Morgan fingerprint density at radius 1 is 1.11 bits per heavy atom. The molecule has 0 unspecified atom stereocenters. The zero-order chi connectivity index (χ0) is 19.4. The molecule has 0 aromatic heterocycles. The van der Waals surface area contributed by atoms with E-state index in [0.717, 1.165) is 24.1 Å². The van der Waals surface area contributed by atoms with Crippen molar-refractivity contribution in [3.8, 4) is 0 Å². The fourth-order valence-electron chi connectivity index (χ4n) is 3.56. The first-order chi connectivity index (χ1) is 13.0. The van der Waals surface area contributed by atoms with Crippen LogP contribution in [-0.2, 0) is 16.0 Å². The molecule has 7 heteroatoms. The molecular weight excluding hydrogens is 346 g/mol. The van der Waals surface area contributed by atoms with Crippen molar-refractivity contribution in [2.24, 2.45) is 0 Å². The summed E-state index contributed by atoms with van der Waals surface area (Å²) in [6.07, 6.45) is 2.69. The highest BCUT2D eigenvalue weighted by Gasteiger charge is 2.27. The minimum atomic E-state index is -0.328. The molecule has 27 heavy (non-hydrogen) atoms. The Bertz CT molecular complexity index is 754. The van der Waals surface area contributed by atoms with Gasteiger partial charge >= 0.3 is 6.09 Å². The van der Waals surface area contributed by atoms with Gasteiger partial charge in [-0.1, -0.05) is 6.58 Å². The zero-order valence-corrected chi connectivity index (χ0v) is 15.6. The van der Waals surface area contributed by atoms with Crippen LogP contribution in [0.25, 0.3) is 0 Å². The van der Waals surface area contributed by atoms with Crippen LogP contribution in [0.15, 0.2) is 30.9 Å². The highest BCUT2D eigenvalue weighted by atomic mass is 16.6. The minimum Gasteiger partial charge on any atom is -0.450 e. The van der Waals surface area contributed by atoms with Crippen molar-refractivity contribution in [3.05, 3.63) is 42.0 Å². The number of rotatable bonds is 3. The molecule has 7 nitrogen and oxygen atoms in total. The number of hydrogen-bond donors (Lipinski definition) is 0. The quantitative estimate of drug-likeness (QED) is 0.763. The highest BCUT2D eigenvalue weighted by molar-refractivity contribution is 6.02. The maximum atomic E-state index is 12.9. The van der Waals surface area contributed by atoms with E-state index < -0.39 is 0 Å². The van der Waals surface area contributed by atoms with Crippen LogP contribution in [0, 0.1) is 0 Å². The lowest BCUT2D eigenvalue weighted by Crippen LogP contribution is -2.50. The average Bonchev–Trinajstić information content (AvgIpc) is 2.72. The highest BCUT2D eigenvalue weighted by Crippen LogP contribution is 2.29. The van der Waals surface area contributed by atoms with E-state index in [0.29, 0.717) is 44.9 Å². The SMILES string of the molecule is C=CC(=O)N1CCCc2cc(C(=O)N3CCN(C(=O)OCC)CC3)ccc21. The minimum absolute atomic E-state index is 0.0477. The molecule has 2 aliphatic heterocycles. The third-order valence-electron chi connectivity index (χ3n) is 4.98. The van der Waals surface area contributed by atoms with Crippen LogP contribution < -0.4 is 4.90 Å². The lowest BCUT2D eigenvalue weighted by molar-refractivity contribution is -0.114. The molecule has 2 aliphatic rings. The van der Waals surface area contributed by atoms with Crippen molar-refractivity contribution in [2.45, 2.75) is 19.8 Å². The third-order valence-corrected chi connectivity index (χ3v) is 4.98. The molecule has 0 spiro atoms. The maximum absolute atomic E-state index is 12.9. The number of benzene rings is 1. The predicted molar refractivity (Wildman–Crippen MR) is 102 cm³/mol. The number of carbonyl (C=O) groups is 3. The molecule has 3 rings (SSSR count). The second-order valence-electron chi connectivity index (χ2n) is 6.62. The lowest BCUT2D eigenvalue weighted by Gasteiger charge is -2.34. The van der Waals surface area contributed by atoms with Gasteiger partial charge in [0.15, 0.2) is 0 Å². The number of nitrogens with zero attached hydrogens (tertiary/aromatic N) is 3. The van der Waals surface area contributed by atoms with E-state index in [1.54, 1.807) is 27.7 Å². The van der Waals surface area contributed by atoms with Gasteiger partial charge in [0.2, 0.25) is 5.91 Å². The van der Waals surface area contributed by atoms with Crippen LogP contribution in [0.2, 0.25) is 0 Å². The summed E-state index contributed by atoms with van der Waals surface area (Å²) in [5.74, 6) is -0.168. The van der Waals surface area contributed by atoms with Crippen LogP contribution >= 0.6 is 0 Å². The largest absolute Gasteiger partial charge is 0.450 e. The second kappa shape index (κ2) is 8.24. The first-order valence-electron chi connectivity index (χ1n) is 9.33. The van der Waals surface area contributed by atoms with Crippen LogP contribution in [0.3, 0.4) is 0 Å². The molecule has 0 bridgehead atoms.